The van der Waals surface area contributed by atoms with Crippen LogP contribution < -0.4 is 5.56 Å². The number of amides is 1. The lowest BCUT2D eigenvalue weighted by Crippen LogP contribution is -2.40. The number of H-pyrrole nitrogens is 1. The van der Waals surface area contributed by atoms with Gasteiger partial charge in [0.15, 0.2) is 0 Å². The molecule has 0 aliphatic heterocycles. The van der Waals surface area contributed by atoms with Crippen molar-refractivity contribution in [2.24, 2.45) is 0 Å². The van der Waals surface area contributed by atoms with Crippen molar-refractivity contribution < 1.29 is 23.1 Å². The molecule has 1 aromatic carbocycles. The monoisotopic (exact) mass is 451 g/mol. The molecular formula is C23H28F3N3O3. The molecule has 0 bridgehead atoms. The number of hydrogen-bond acceptors (Lipinski definition) is 4. The number of carbonyl (C=O) groups excluding carboxylic acids is 1. The largest absolute Gasteiger partial charge is 0.416 e. The Morgan fingerprint density at radius 3 is 2.38 bits per heavy atom. The Labute approximate surface area is 184 Å². The number of alkyl halides is 3. The molecule has 2 N–H and O–H groups in total. The van der Waals surface area contributed by atoms with Crippen LogP contribution in [0.4, 0.5) is 13.2 Å². The first-order chi connectivity index (χ1) is 15.1. The zero-order chi connectivity index (χ0) is 23.5. The Balaban J connectivity index is 1.93. The summed E-state index contributed by atoms with van der Waals surface area (Å²) in [4.78, 5) is 33.7. The predicted molar refractivity (Wildman–Crippen MR) is 113 cm³/mol. The molecule has 0 atom stereocenters. The number of carbonyl (C=O) groups is 1. The number of nitrogens with zero attached hydrogens (tertiary/aromatic N) is 2. The zero-order valence-electron chi connectivity index (χ0n) is 18.2. The topological polar surface area (TPSA) is 86.3 Å². The van der Waals surface area contributed by atoms with Crippen LogP contribution in [0, 0.1) is 0 Å². The van der Waals surface area contributed by atoms with Gasteiger partial charge in [-0.05, 0) is 44.4 Å². The SMILES string of the molecule is CC(C)N(CCO)C(=O)c1cc(=O)[nH]c(CC2(c3ccc(C(F)(F)F)cc3)CCCC2)n1. The first-order valence-corrected chi connectivity index (χ1v) is 10.8. The lowest BCUT2D eigenvalue weighted by atomic mass is 9.75. The second kappa shape index (κ2) is 9.44. The fourth-order valence-corrected chi connectivity index (χ4v) is 4.50. The number of aromatic amines is 1. The van der Waals surface area contributed by atoms with Crippen molar-refractivity contribution in [3.63, 3.8) is 0 Å². The van der Waals surface area contributed by atoms with Gasteiger partial charge in [-0.1, -0.05) is 25.0 Å². The minimum atomic E-state index is -4.40. The number of hydrogen-bond donors (Lipinski definition) is 2. The summed E-state index contributed by atoms with van der Waals surface area (Å²) in [6.45, 7) is 3.52. The summed E-state index contributed by atoms with van der Waals surface area (Å²) in [6.07, 6.45) is -0.745. The van der Waals surface area contributed by atoms with Gasteiger partial charge in [-0.25, -0.2) is 4.98 Å². The van der Waals surface area contributed by atoms with Gasteiger partial charge >= 0.3 is 6.18 Å². The van der Waals surface area contributed by atoms with Crippen LogP contribution in [0.3, 0.4) is 0 Å². The highest BCUT2D eigenvalue weighted by Gasteiger charge is 2.38. The van der Waals surface area contributed by atoms with Crippen molar-refractivity contribution in [3.8, 4) is 0 Å². The fourth-order valence-electron chi connectivity index (χ4n) is 4.50. The van der Waals surface area contributed by atoms with Gasteiger partial charge in [0.2, 0.25) is 0 Å². The van der Waals surface area contributed by atoms with E-state index < -0.39 is 28.6 Å². The molecule has 32 heavy (non-hydrogen) atoms. The molecular weight excluding hydrogens is 423 g/mol. The molecule has 1 fully saturated rings. The molecule has 6 nitrogen and oxygen atoms in total. The minimum absolute atomic E-state index is 0.00790. The van der Waals surface area contributed by atoms with Crippen LogP contribution in [-0.4, -0.2) is 45.1 Å². The Morgan fingerprint density at radius 1 is 1.22 bits per heavy atom. The maximum Gasteiger partial charge on any atom is 0.416 e. The molecule has 1 aliphatic carbocycles. The number of aliphatic hydroxyl groups is 1. The summed E-state index contributed by atoms with van der Waals surface area (Å²) < 4.78 is 38.9. The van der Waals surface area contributed by atoms with Crippen molar-refractivity contribution in [1.29, 1.82) is 0 Å². The van der Waals surface area contributed by atoms with Gasteiger partial charge in [0.25, 0.3) is 11.5 Å². The second-order valence-electron chi connectivity index (χ2n) is 8.63. The molecule has 1 saturated carbocycles. The number of benzene rings is 1. The predicted octanol–water partition coefficient (Wildman–Crippen LogP) is 3.69. The summed E-state index contributed by atoms with van der Waals surface area (Å²) in [6, 6.07) is 6.12. The normalized spacial score (nSPS) is 15.8. The molecule has 1 heterocycles. The number of halogens is 3. The molecule has 0 saturated heterocycles. The number of rotatable bonds is 7. The molecule has 0 radical (unpaired) electrons. The van der Waals surface area contributed by atoms with Gasteiger partial charge in [-0.2, -0.15) is 13.2 Å². The highest BCUT2D eigenvalue weighted by atomic mass is 19.4. The zero-order valence-corrected chi connectivity index (χ0v) is 18.2. The molecule has 0 unspecified atom stereocenters. The van der Waals surface area contributed by atoms with Gasteiger partial charge in [0, 0.05) is 30.5 Å². The van der Waals surface area contributed by atoms with Gasteiger partial charge in [0.05, 0.1) is 12.2 Å². The fraction of sp³-hybridized carbons (Fsp3) is 0.522. The smallest absolute Gasteiger partial charge is 0.395 e. The third-order valence-electron chi connectivity index (χ3n) is 6.13. The van der Waals surface area contributed by atoms with E-state index in [9.17, 15) is 27.9 Å². The van der Waals surface area contributed by atoms with E-state index in [0.717, 1.165) is 49.4 Å². The van der Waals surface area contributed by atoms with Crippen molar-refractivity contribution in [2.75, 3.05) is 13.2 Å². The van der Waals surface area contributed by atoms with E-state index in [1.54, 1.807) is 13.8 Å². The van der Waals surface area contributed by atoms with Gasteiger partial charge in [-0.3, -0.25) is 9.59 Å². The molecule has 3 rings (SSSR count). The first-order valence-electron chi connectivity index (χ1n) is 10.8. The number of nitrogens with one attached hydrogen (secondary N) is 1. The van der Waals surface area contributed by atoms with Crippen LogP contribution in [0.15, 0.2) is 35.1 Å². The maximum atomic E-state index is 13.0. The highest BCUT2D eigenvalue weighted by molar-refractivity contribution is 5.92. The summed E-state index contributed by atoms with van der Waals surface area (Å²) in [5, 5.41) is 9.26. The van der Waals surface area contributed by atoms with E-state index in [1.807, 2.05) is 0 Å². The van der Waals surface area contributed by atoms with Crippen LogP contribution in [0.5, 0.6) is 0 Å². The molecule has 1 aliphatic rings. The summed E-state index contributed by atoms with van der Waals surface area (Å²) >= 11 is 0. The quantitative estimate of drug-likeness (QED) is 0.672. The van der Waals surface area contributed by atoms with Crippen LogP contribution in [0.2, 0.25) is 0 Å². The second-order valence-corrected chi connectivity index (χ2v) is 8.63. The summed E-state index contributed by atoms with van der Waals surface area (Å²) in [5.74, 6) is -0.119. The van der Waals surface area contributed by atoms with Crippen LogP contribution in [0.25, 0.3) is 0 Å². The third kappa shape index (κ3) is 5.20. The molecule has 1 amide bonds. The summed E-state index contributed by atoms with van der Waals surface area (Å²) in [7, 11) is 0. The average Bonchev–Trinajstić information content (AvgIpc) is 3.20. The lowest BCUT2D eigenvalue weighted by molar-refractivity contribution is -0.137. The average molecular weight is 451 g/mol. The third-order valence-corrected chi connectivity index (χ3v) is 6.13. The van der Waals surface area contributed by atoms with Crippen LogP contribution in [-0.2, 0) is 18.0 Å². The van der Waals surface area contributed by atoms with Gasteiger partial charge in [0.1, 0.15) is 11.5 Å². The molecule has 9 heteroatoms. The molecule has 0 spiro atoms. The van der Waals surface area contributed by atoms with E-state index in [1.165, 1.54) is 17.0 Å². The lowest BCUT2D eigenvalue weighted by Gasteiger charge is -2.30. The first kappa shape index (κ1) is 24.0. The van der Waals surface area contributed by atoms with Crippen molar-refractivity contribution in [3.05, 3.63) is 63.3 Å². The van der Waals surface area contributed by atoms with Crippen molar-refractivity contribution in [1.82, 2.24) is 14.9 Å². The molecule has 2 aromatic rings. The van der Waals surface area contributed by atoms with E-state index in [0.29, 0.717) is 12.2 Å². The van der Waals surface area contributed by atoms with E-state index in [-0.39, 0.29) is 24.9 Å². The molecule has 174 valence electrons. The highest BCUT2D eigenvalue weighted by Crippen LogP contribution is 2.44. The van der Waals surface area contributed by atoms with Crippen molar-refractivity contribution >= 4 is 5.91 Å². The van der Waals surface area contributed by atoms with Gasteiger partial charge in [-0.15, -0.1) is 0 Å². The Kier molecular flexibility index (Phi) is 7.07. The summed E-state index contributed by atoms with van der Waals surface area (Å²) in [5.41, 5.74) is -0.861. The standard InChI is InChI=1S/C23H28F3N3O3/c1-15(2)29(11-12-30)21(32)18-13-20(31)28-19(27-18)14-22(9-3-4-10-22)16-5-7-17(8-6-16)23(24,25)26/h5-8,13,15,30H,3-4,9-12,14H2,1-2H3,(H,27,28,31). The molecule has 1 aromatic heterocycles. The van der Waals surface area contributed by atoms with E-state index >= 15 is 0 Å². The number of aliphatic hydroxyl groups excluding tert-OH is 1. The van der Waals surface area contributed by atoms with Gasteiger partial charge < -0.3 is 15.0 Å². The maximum absolute atomic E-state index is 13.0. The Morgan fingerprint density at radius 2 is 1.84 bits per heavy atom. The Bertz CT molecular complexity index is 994. The Hall–Kier alpha value is -2.68. The van der Waals surface area contributed by atoms with Crippen LogP contribution >= 0.6 is 0 Å². The van der Waals surface area contributed by atoms with E-state index in [4.69, 9.17) is 0 Å². The minimum Gasteiger partial charge on any atom is -0.395 e. The van der Waals surface area contributed by atoms with Crippen molar-refractivity contribution in [2.45, 2.75) is 63.6 Å². The number of aromatic nitrogens is 2. The van der Waals surface area contributed by atoms with E-state index in [2.05, 4.69) is 9.97 Å². The van der Waals surface area contributed by atoms with Crippen LogP contribution in [0.1, 0.15) is 67.0 Å².